The number of methoxy groups -OCH3 is 2. The smallest absolute Gasteiger partial charge is 0.335 e. The lowest BCUT2D eigenvalue weighted by Gasteiger charge is -2.27. The van der Waals surface area contributed by atoms with Crippen molar-refractivity contribution >= 4 is 17.5 Å². The fourth-order valence-corrected chi connectivity index (χ4v) is 2.79. The van der Waals surface area contributed by atoms with Gasteiger partial charge in [-0.1, -0.05) is 60.7 Å². The summed E-state index contributed by atoms with van der Waals surface area (Å²) in [6, 6.07) is 19.0. The van der Waals surface area contributed by atoms with E-state index in [9.17, 15) is 9.59 Å². The zero-order chi connectivity index (χ0) is 18.4. The highest BCUT2D eigenvalue weighted by molar-refractivity contribution is 6.07. The molecule has 0 fully saturated rings. The quantitative estimate of drug-likeness (QED) is 0.613. The summed E-state index contributed by atoms with van der Waals surface area (Å²) < 4.78 is 9.94. The van der Waals surface area contributed by atoms with Crippen LogP contribution in [0, 0.1) is 5.41 Å². The molecule has 0 radical (unpaired) electrons. The monoisotopic (exact) mass is 338 g/mol. The Morgan fingerprint density at radius 2 is 1.20 bits per heavy atom. The van der Waals surface area contributed by atoms with Crippen LogP contribution in [0.2, 0.25) is 0 Å². The number of hydrogen-bond donors (Lipinski definition) is 0. The Morgan fingerprint density at radius 3 is 1.56 bits per heavy atom. The van der Waals surface area contributed by atoms with Crippen molar-refractivity contribution in [3.8, 4) is 0 Å². The zero-order valence-electron chi connectivity index (χ0n) is 14.9. The molecule has 25 heavy (non-hydrogen) atoms. The van der Waals surface area contributed by atoms with Gasteiger partial charge in [-0.3, -0.25) is 4.79 Å². The van der Waals surface area contributed by atoms with Crippen LogP contribution in [0.5, 0.6) is 0 Å². The average molecular weight is 338 g/mol. The minimum Gasteiger partial charge on any atom is -0.468 e. The Hall–Kier alpha value is -2.88. The number of carbonyl (C=O) groups is 2. The predicted molar refractivity (Wildman–Crippen MR) is 96.7 cm³/mol. The van der Waals surface area contributed by atoms with Crippen LogP contribution >= 0.6 is 0 Å². The van der Waals surface area contributed by atoms with Gasteiger partial charge in [0.15, 0.2) is 0 Å². The van der Waals surface area contributed by atoms with Gasteiger partial charge in [-0.25, -0.2) is 4.79 Å². The first kappa shape index (κ1) is 18.5. The summed E-state index contributed by atoms with van der Waals surface area (Å²) in [6.45, 7) is 3.33. The fourth-order valence-electron chi connectivity index (χ4n) is 2.79. The molecule has 0 aromatic heterocycles. The number of esters is 2. The third-order valence-corrected chi connectivity index (χ3v) is 4.09. The maximum Gasteiger partial charge on any atom is 0.335 e. The summed E-state index contributed by atoms with van der Waals surface area (Å²) >= 11 is 0. The summed E-state index contributed by atoms with van der Waals surface area (Å²) in [4.78, 5) is 25.1. The number of ether oxygens (including phenoxy) is 2. The topological polar surface area (TPSA) is 52.6 Å². The first-order valence-corrected chi connectivity index (χ1v) is 7.95. The van der Waals surface area contributed by atoms with Gasteiger partial charge < -0.3 is 9.47 Å². The number of rotatable bonds is 5. The molecule has 0 saturated carbocycles. The van der Waals surface area contributed by atoms with Gasteiger partial charge in [-0.2, -0.15) is 0 Å². The van der Waals surface area contributed by atoms with Crippen LogP contribution in [0.4, 0.5) is 0 Å². The van der Waals surface area contributed by atoms with Gasteiger partial charge in [0.2, 0.25) is 0 Å². The van der Waals surface area contributed by atoms with Crippen LogP contribution in [0.1, 0.15) is 25.0 Å². The molecule has 0 saturated heterocycles. The SMILES string of the molecule is COC(=O)C(=C(c1ccccc1)c1ccccc1)C(C)(C)C(=O)OC. The van der Waals surface area contributed by atoms with Crippen LogP contribution in [-0.2, 0) is 19.1 Å². The van der Waals surface area contributed by atoms with Gasteiger partial charge >= 0.3 is 11.9 Å². The van der Waals surface area contributed by atoms with Crippen molar-refractivity contribution in [1.82, 2.24) is 0 Å². The fraction of sp³-hybridized carbons (Fsp3) is 0.238. The summed E-state index contributed by atoms with van der Waals surface area (Å²) in [6.07, 6.45) is 0. The Labute approximate surface area is 148 Å². The Bertz CT molecular complexity index is 733. The highest BCUT2D eigenvalue weighted by atomic mass is 16.5. The van der Waals surface area contributed by atoms with Crippen LogP contribution in [0.3, 0.4) is 0 Å². The van der Waals surface area contributed by atoms with E-state index in [0.29, 0.717) is 5.57 Å². The van der Waals surface area contributed by atoms with Crippen molar-refractivity contribution in [2.24, 2.45) is 5.41 Å². The molecular weight excluding hydrogens is 316 g/mol. The second-order valence-corrected chi connectivity index (χ2v) is 6.09. The third-order valence-electron chi connectivity index (χ3n) is 4.09. The molecule has 4 heteroatoms. The zero-order valence-corrected chi connectivity index (χ0v) is 14.9. The first-order valence-electron chi connectivity index (χ1n) is 7.95. The molecule has 0 unspecified atom stereocenters. The van der Waals surface area contributed by atoms with E-state index in [1.165, 1.54) is 14.2 Å². The number of hydrogen-bond acceptors (Lipinski definition) is 4. The summed E-state index contributed by atoms with van der Waals surface area (Å²) in [5.41, 5.74) is 1.39. The van der Waals surface area contributed by atoms with Crippen LogP contribution in [0.15, 0.2) is 66.2 Å². The van der Waals surface area contributed by atoms with Crippen molar-refractivity contribution < 1.29 is 19.1 Å². The Kier molecular flexibility index (Phi) is 5.75. The minimum atomic E-state index is -1.18. The predicted octanol–water partition coefficient (Wildman–Crippen LogP) is 3.86. The maximum absolute atomic E-state index is 12.7. The van der Waals surface area contributed by atoms with E-state index in [1.54, 1.807) is 13.8 Å². The molecule has 2 rings (SSSR count). The van der Waals surface area contributed by atoms with E-state index < -0.39 is 17.4 Å². The van der Waals surface area contributed by atoms with Crippen LogP contribution in [-0.4, -0.2) is 26.2 Å². The summed E-state index contributed by atoms with van der Waals surface area (Å²) in [7, 11) is 2.62. The second-order valence-electron chi connectivity index (χ2n) is 6.09. The normalized spacial score (nSPS) is 10.7. The maximum atomic E-state index is 12.7. The molecule has 0 bridgehead atoms. The van der Waals surface area contributed by atoms with Crippen LogP contribution in [0.25, 0.3) is 5.57 Å². The van der Waals surface area contributed by atoms with Crippen molar-refractivity contribution in [1.29, 1.82) is 0 Å². The average Bonchev–Trinajstić information content (AvgIpc) is 2.65. The molecular formula is C21H22O4. The van der Waals surface area contributed by atoms with E-state index in [2.05, 4.69) is 0 Å². The van der Waals surface area contributed by atoms with Crippen molar-refractivity contribution in [3.05, 3.63) is 77.4 Å². The van der Waals surface area contributed by atoms with Crippen molar-refractivity contribution in [2.45, 2.75) is 13.8 Å². The van der Waals surface area contributed by atoms with E-state index >= 15 is 0 Å². The number of benzene rings is 2. The molecule has 0 aliphatic carbocycles. The van der Waals surface area contributed by atoms with E-state index in [0.717, 1.165) is 11.1 Å². The summed E-state index contributed by atoms with van der Waals surface area (Å²) in [5.74, 6) is -1.06. The lowest BCUT2D eigenvalue weighted by atomic mass is 9.77. The lowest BCUT2D eigenvalue weighted by Crippen LogP contribution is -2.33. The molecule has 0 aliphatic rings. The molecule has 0 heterocycles. The molecule has 130 valence electrons. The molecule has 0 amide bonds. The van der Waals surface area contributed by atoms with E-state index in [-0.39, 0.29) is 5.57 Å². The van der Waals surface area contributed by atoms with Gasteiger partial charge in [0.05, 0.1) is 25.2 Å². The highest BCUT2D eigenvalue weighted by Crippen LogP contribution is 2.38. The standard InChI is InChI=1S/C21H22O4/c1-21(2,20(23)25-4)18(19(22)24-3)17(15-11-7-5-8-12-15)16-13-9-6-10-14-16/h5-14H,1-4H3. The van der Waals surface area contributed by atoms with Crippen molar-refractivity contribution in [2.75, 3.05) is 14.2 Å². The Balaban J connectivity index is 2.88. The molecule has 2 aromatic rings. The highest BCUT2D eigenvalue weighted by Gasteiger charge is 2.40. The summed E-state index contributed by atoms with van der Waals surface area (Å²) in [5, 5.41) is 0. The molecule has 2 aromatic carbocycles. The Morgan fingerprint density at radius 1 is 0.760 bits per heavy atom. The van der Waals surface area contributed by atoms with Gasteiger partial charge in [0.25, 0.3) is 0 Å². The molecule has 0 N–H and O–H groups in total. The van der Waals surface area contributed by atoms with Gasteiger partial charge in [-0.15, -0.1) is 0 Å². The third kappa shape index (κ3) is 3.79. The second kappa shape index (κ2) is 7.79. The molecule has 4 nitrogen and oxygen atoms in total. The van der Waals surface area contributed by atoms with Gasteiger partial charge in [0.1, 0.15) is 0 Å². The van der Waals surface area contributed by atoms with E-state index in [1.807, 2.05) is 60.7 Å². The molecule has 0 atom stereocenters. The first-order chi connectivity index (χ1) is 11.9. The van der Waals surface area contributed by atoms with E-state index in [4.69, 9.17) is 9.47 Å². The van der Waals surface area contributed by atoms with Gasteiger partial charge in [-0.05, 0) is 25.0 Å². The number of carbonyl (C=O) groups excluding carboxylic acids is 2. The van der Waals surface area contributed by atoms with Crippen LogP contribution < -0.4 is 0 Å². The molecule has 0 aliphatic heterocycles. The minimum absolute atomic E-state index is 0.263. The van der Waals surface area contributed by atoms with Gasteiger partial charge in [0, 0.05) is 5.57 Å². The molecule has 0 spiro atoms. The van der Waals surface area contributed by atoms with Crippen molar-refractivity contribution in [3.63, 3.8) is 0 Å². The lowest BCUT2D eigenvalue weighted by molar-refractivity contribution is -0.151. The largest absolute Gasteiger partial charge is 0.468 e.